The van der Waals surface area contributed by atoms with Gasteiger partial charge in [-0.25, -0.2) is 4.98 Å². The first kappa shape index (κ1) is 18.9. The van der Waals surface area contributed by atoms with E-state index in [4.69, 9.17) is 4.42 Å². The molecule has 0 aromatic carbocycles. The van der Waals surface area contributed by atoms with Crippen molar-refractivity contribution in [1.29, 1.82) is 0 Å². The van der Waals surface area contributed by atoms with E-state index in [-0.39, 0.29) is 5.91 Å². The predicted octanol–water partition coefficient (Wildman–Crippen LogP) is 2.73. The molecular weight excluding hydrogens is 374 g/mol. The number of aryl methyl sites for hydroxylation is 1. The van der Waals surface area contributed by atoms with Crippen LogP contribution in [0.5, 0.6) is 0 Å². The molecule has 1 amide bonds. The van der Waals surface area contributed by atoms with Gasteiger partial charge in [0.05, 0.1) is 24.0 Å². The fraction of sp³-hybridized carbons (Fsp3) is 0.450. The smallest absolute Gasteiger partial charge is 0.274 e. The molecule has 1 unspecified atom stereocenters. The van der Waals surface area contributed by atoms with Gasteiger partial charge in [0.25, 0.3) is 5.91 Å². The molecule has 4 rings (SSSR count). The maximum Gasteiger partial charge on any atom is 0.274 e. The highest BCUT2D eigenvalue weighted by Gasteiger charge is 2.31. The van der Waals surface area contributed by atoms with Crippen LogP contribution in [0, 0.1) is 0 Å². The Morgan fingerprint density at radius 2 is 2.25 bits per heavy atom. The highest BCUT2D eigenvalue weighted by atomic mass is 32.1. The van der Waals surface area contributed by atoms with Gasteiger partial charge in [-0.3, -0.25) is 14.4 Å². The van der Waals surface area contributed by atoms with Crippen molar-refractivity contribution >= 4 is 17.2 Å². The standard InChI is InChI=1S/C20H25N5O2S/c1-23(10-14-12-28-13-21-14)15-6-7-18-17(9-15)19(22-25(18)3)20(26)24(2)11-16-5-4-8-27-16/h4-5,8,12-13,15H,6-7,9-11H2,1-3H3. The number of hydrogen-bond donors (Lipinski definition) is 0. The number of carbonyl (C=O) groups is 1. The van der Waals surface area contributed by atoms with E-state index in [0.29, 0.717) is 18.3 Å². The molecule has 0 fully saturated rings. The van der Waals surface area contributed by atoms with Crippen molar-refractivity contribution in [1.82, 2.24) is 24.6 Å². The lowest BCUT2D eigenvalue weighted by atomic mass is 9.90. The van der Waals surface area contributed by atoms with Crippen LogP contribution in [0.4, 0.5) is 0 Å². The monoisotopic (exact) mass is 399 g/mol. The van der Waals surface area contributed by atoms with Crippen LogP contribution in [-0.2, 0) is 33.0 Å². The molecule has 28 heavy (non-hydrogen) atoms. The van der Waals surface area contributed by atoms with Crippen LogP contribution < -0.4 is 0 Å². The topological polar surface area (TPSA) is 67.4 Å². The molecule has 7 nitrogen and oxygen atoms in total. The van der Waals surface area contributed by atoms with Gasteiger partial charge in [0.1, 0.15) is 5.76 Å². The SMILES string of the molecule is CN(Cc1ccco1)C(=O)c1nn(C)c2c1CC(N(C)Cc1cscn1)CC2. The van der Waals surface area contributed by atoms with E-state index in [9.17, 15) is 4.79 Å². The Balaban J connectivity index is 1.51. The quantitative estimate of drug-likeness (QED) is 0.638. The third-order valence-electron chi connectivity index (χ3n) is 5.47. The lowest BCUT2D eigenvalue weighted by molar-refractivity contribution is 0.0767. The van der Waals surface area contributed by atoms with E-state index < -0.39 is 0 Å². The van der Waals surface area contributed by atoms with Gasteiger partial charge in [0.2, 0.25) is 0 Å². The van der Waals surface area contributed by atoms with Crippen LogP contribution in [0.3, 0.4) is 0 Å². The van der Waals surface area contributed by atoms with Gasteiger partial charge in [0.15, 0.2) is 5.69 Å². The maximum absolute atomic E-state index is 13.1. The van der Waals surface area contributed by atoms with E-state index in [1.165, 1.54) is 5.69 Å². The minimum atomic E-state index is -0.0592. The molecule has 1 aliphatic carbocycles. The fourth-order valence-corrected chi connectivity index (χ4v) is 4.46. The second-order valence-electron chi connectivity index (χ2n) is 7.43. The van der Waals surface area contributed by atoms with Crippen molar-refractivity contribution in [3.8, 4) is 0 Å². The summed E-state index contributed by atoms with van der Waals surface area (Å²) in [6, 6.07) is 4.08. The molecule has 3 aromatic heterocycles. The molecule has 0 saturated carbocycles. The first-order valence-corrected chi connectivity index (χ1v) is 10.4. The Bertz CT molecular complexity index is 932. The Morgan fingerprint density at radius 1 is 1.39 bits per heavy atom. The summed E-state index contributed by atoms with van der Waals surface area (Å²) >= 11 is 1.62. The molecule has 0 spiro atoms. The highest BCUT2D eigenvalue weighted by Crippen LogP contribution is 2.28. The first-order valence-electron chi connectivity index (χ1n) is 9.43. The minimum absolute atomic E-state index is 0.0592. The molecule has 148 valence electrons. The zero-order valence-corrected chi connectivity index (χ0v) is 17.3. The summed E-state index contributed by atoms with van der Waals surface area (Å²) in [5.41, 5.74) is 5.79. The molecule has 0 aliphatic heterocycles. The second kappa shape index (κ2) is 7.89. The van der Waals surface area contributed by atoms with Crippen LogP contribution in [0.2, 0.25) is 0 Å². The highest BCUT2D eigenvalue weighted by molar-refractivity contribution is 7.07. The van der Waals surface area contributed by atoms with Crippen LogP contribution in [-0.4, -0.2) is 50.6 Å². The summed E-state index contributed by atoms with van der Waals surface area (Å²) in [5, 5.41) is 6.67. The molecule has 3 aromatic rings. The van der Waals surface area contributed by atoms with Crippen molar-refractivity contribution < 1.29 is 9.21 Å². The molecule has 0 N–H and O–H groups in total. The lowest BCUT2D eigenvalue weighted by Crippen LogP contribution is -2.37. The van der Waals surface area contributed by atoms with Gasteiger partial charge >= 0.3 is 0 Å². The van der Waals surface area contributed by atoms with Crippen LogP contribution >= 0.6 is 11.3 Å². The lowest BCUT2D eigenvalue weighted by Gasteiger charge is -2.31. The average Bonchev–Trinajstić information content (AvgIpc) is 3.43. The molecule has 0 saturated heterocycles. The predicted molar refractivity (Wildman–Crippen MR) is 107 cm³/mol. The first-order chi connectivity index (χ1) is 13.5. The van der Waals surface area contributed by atoms with Crippen LogP contribution in [0.15, 0.2) is 33.7 Å². The van der Waals surface area contributed by atoms with E-state index in [0.717, 1.165) is 42.8 Å². The largest absolute Gasteiger partial charge is 0.467 e. The number of nitrogens with zero attached hydrogens (tertiary/aromatic N) is 5. The Morgan fingerprint density at radius 3 is 2.96 bits per heavy atom. The summed E-state index contributed by atoms with van der Waals surface area (Å²) in [7, 11) is 5.86. The zero-order valence-electron chi connectivity index (χ0n) is 16.5. The summed E-state index contributed by atoms with van der Waals surface area (Å²) < 4.78 is 7.25. The van der Waals surface area contributed by atoms with E-state index in [2.05, 4.69) is 27.4 Å². The van der Waals surface area contributed by atoms with E-state index >= 15 is 0 Å². The molecule has 8 heteroatoms. The number of rotatable bonds is 6. The van der Waals surface area contributed by atoms with Gasteiger partial charge in [0, 0.05) is 43.3 Å². The Hall–Kier alpha value is -2.45. The summed E-state index contributed by atoms with van der Waals surface area (Å²) in [5.74, 6) is 0.706. The second-order valence-corrected chi connectivity index (χ2v) is 8.15. The Kier molecular flexibility index (Phi) is 5.32. The molecular formula is C20H25N5O2S. The zero-order chi connectivity index (χ0) is 19.7. The fourth-order valence-electron chi connectivity index (χ4n) is 3.91. The van der Waals surface area contributed by atoms with Gasteiger partial charge in [-0.05, 0) is 38.4 Å². The molecule has 3 heterocycles. The number of thiazole rings is 1. The normalized spacial score (nSPS) is 16.4. The number of aromatic nitrogens is 3. The molecule has 0 bridgehead atoms. The number of furan rings is 1. The van der Waals surface area contributed by atoms with Crippen molar-refractivity contribution in [2.45, 2.75) is 38.4 Å². The number of likely N-dealkylation sites (N-methyl/N-ethyl adjacent to an activating group) is 1. The van der Waals surface area contributed by atoms with Gasteiger partial charge < -0.3 is 9.32 Å². The number of hydrogen-bond acceptors (Lipinski definition) is 6. The summed E-state index contributed by atoms with van der Waals surface area (Å²) in [4.78, 5) is 21.5. The van der Waals surface area contributed by atoms with Gasteiger partial charge in [-0.15, -0.1) is 11.3 Å². The third-order valence-corrected chi connectivity index (χ3v) is 6.10. The number of amides is 1. The average molecular weight is 400 g/mol. The van der Waals surface area contributed by atoms with E-state index in [1.54, 1.807) is 29.5 Å². The van der Waals surface area contributed by atoms with Crippen molar-refractivity contribution in [2.24, 2.45) is 7.05 Å². The summed E-state index contributed by atoms with van der Waals surface area (Å²) in [6.07, 6.45) is 4.45. The van der Waals surface area contributed by atoms with Crippen LogP contribution in [0.1, 0.15) is 39.6 Å². The third kappa shape index (κ3) is 3.74. The minimum Gasteiger partial charge on any atom is -0.467 e. The van der Waals surface area contributed by atoms with Crippen molar-refractivity contribution in [3.05, 3.63) is 57.7 Å². The molecule has 0 radical (unpaired) electrons. The van der Waals surface area contributed by atoms with Gasteiger partial charge in [-0.2, -0.15) is 5.10 Å². The summed E-state index contributed by atoms with van der Waals surface area (Å²) in [6.45, 7) is 1.26. The molecule has 1 atom stereocenters. The maximum atomic E-state index is 13.1. The van der Waals surface area contributed by atoms with Crippen molar-refractivity contribution in [3.63, 3.8) is 0 Å². The number of carbonyl (C=O) groups excluding carboxylic acids is 1. The number of fused-ring (bicyclic) bond motifs is 1. The molecule has 1 aliphatic rings. The van der Waals surface area contributed by atoms with Gasteiger partial charge in [-0.1, -0.05) is 0 Å². The Labute approximate surface area is 168 Å². The van der Waals surface area contributed by atoms with Crippen molar-refractivity contribution in [2.75, 3.05) is 14.1 Å². The van der Waals surface area contributed by atoms with E-state index in [1.807, 2.05) is 29.4 Å². The van der Waals surface area contributed by atoms with Crippen LogP contribution in [0.25, 0.3) is 0 Å².